The van der Waals surface area contributed by atoms with Crippen molar-refractivity contribution < 1.29 is 14.3 Å². The topological polar surface area (TPSA) is 50.8 Å². The molecule has 2 rings (SSSR count). The SMILES string of the molecule is CCOC(=O)C(CN(C)CCOCC1CC1)NC1CC1. The van der Waals surface area contributed by atoms with Crippen LogP contribution in [0.4, 0.5) is 0 Å². The Morgan fingerprint density at radius 1 is 1.35 bits per heavy atom. The molecule has 0 aromatic rings. The van der Waals surface area contributed by atoms with Gasteiger partial charge in [0.1, 0.15) is 6.04 Å². The van der Waals surface area contributed by atoms with Gasteiger partial charge in [0.05, 0.1) is 13.2 Å². The summed E-state index contributed by atoms with van der Waals surface area (Å²) >= 11 is 0. The predicted octanol–water partition coefficient (Wildman–Crippen LogP) is 1.03. The van der Waals surface area contributed by atoms with Crippen LogP contribution in [-0.4, -0.2) is 62.9 Å². The normalized spacial score (nSPS) is 20.1. The van der Waals surface area contributed by atoms with Crippen LogP contribution in [-0.2, 0) is 14.3 Å². The highest BCUT2D eigenvalue weighted by Crippen LogP contribution is 2.28. The summed E-state index contributed by atoms with van der Waals surface area (Å²) in [6.07, 6.45) is 4.99. The summed E-state index contributed by atoms with van der Waals surface area (Å²) in [7, 11) is 2.03. The van der Waals surface area contributed by atoms with E-state index in [1.54, 1.807) is 0 Å². The highest BCUT2D eigenvalue weighted by atomic mass is 16.5. The lowest BCUT2D eigenvalue weighted by molar-refractivity contribution is -0.146. The first kappa shape index (κ1) is 15.7. The molecule has 0 spiro atoms. The van der Waals surface area contributed by atoms with Crippen LogP contribution in [0.2, 0.25) is 0 Å². The minimum atomic E-state index is -0.212. The molecule has 2 fully saturated rings. The van der Waals surface area contributed by atoms with Crippen molar-refractivity contribution >= 4 is 5.97 Å². The van der Waals surface area contributed by atoms with Gasteiger partial charge in [-0.15, -0.1) is 0 Å². The molecule has 1 N–H and O–H groups in total. The van der Waals surface area contributed by atoms with Crippen molar-refractivity contribution in [2.45, 2.75) is 44.7 Å². The van der Waals surface area contributed by atoms with E-state index in [0.717, 1.165) is 25.7 Å². The lowest BCUT2D eigenvalue weighted by Crippen LogP contribution is -2.47. The molecular weight excluding hydrogens is 256 g/mol. The van der Waals surface area contributed by atoms with Gasteiger partial charge in [0, 0.05) is 25.7 Å². The standard InChI is InChI=1S/C15H28N2O3/c1-3-20-15(18)14(16-13-6-7-13)10-17(2)8-9-19-11-12-4-5-12/h12-14,16H,3-11H2,1-2H3. The monoisotopic (exact) mass is 284 g/mol. The molecule has 0 bridgehead atoms. The van der Waals surface area contributed by atoms with Crippen LogP contribution in [0.5, 0.6) is 0 Å². The van der Waals surface area contributed by atoms with Crippen LogP contribution in [0.1, 0.15) is 32.6 Å². The molecule has 1 unspecified atom stereocenters. The molecule has 2 saturated carbocycles. The van der Waals surface area contributed by atoms with Crippen molar-refractivity contribution in [1.29, 1.82) is 0 Å². The van der Waals surface area contributed by atoms with E-state index in [9.17, 15) is 4.79 Å². The van der Waals surface area contributed by atoms with E-state index in [-0.39, 0.29) is 12.0 Å². The fourth-order valence-corrected chi connectivity index (χ4v) is 2.13. The molecule has 2 aliphatic carbocycles. The lowest BCUT2D eigenvalue weighted by atomic mass is 10.2. The molecule has 0 amide bonds. The Kier molecular flexibility index (Phi) is 6.26. The summed E-state index contributed by atoms with van der Waals surface area (Å²) in [4.78, 5) is 14.1. The summed E-state index contributed by atoms with van der Waals surface area (Å²) in [5.41, 5.74) is 0. The molecular formula is C15H28N2O3. The van der Waals surface area contributed by atoms with Crippen molar-refractivity contribution in [3.63, 3.8) is 0 Å². The molecule has 0 radical (unpaired) electrons. The van der Waals surface area contributed by atoms with E-state index in [4.69, 9.17) is 9.47 Å². The maximum atomic E-state index is 11.9. The fraction of sp³-hybridized carbons (Fsp3) is 0.933. The molecule has 0 aromatic carbocycles. The largest absolute Gasteiger partial charge is 0.465 e. The van der Waals surface area contributed by atoms with Crippen molar-refractivity contribution in [1.82, 2.24) is 10.2 Å². The number of nitrogens with zero attached hydrogens (tertiary/aromatic N) is 1. The van der Waals surface area contributed by atoms with E-state index in [1.165, 1.54) is 25.7 Å². The molecule has 5 heteroatoms. The minimum absolute atomic E-state index is 0.134. The van der Waals surface area contributed by atoms with Crippen molar-refractivity contribution in [2.75, 3.05) is 40.0 Å². The zero-order valence-corrected chi connectivity index (χ0v) is 12.8. The minimum Gasteiger partial charge on any atom is -0.465 e. The Labute approximate surface area is 122 Å². The third-order valence-electron chi connectivity index (χ3n) is 3.75. The van der Waals surface area contributed by atoms with E-state index in [1.807, 2.05) is 14.0 Å². The first-order chi connectivity index (χ1) is 9.69. The number of carbonyl (C=O) groups is 1. The van der Waals surface area contributed by atoms with Crippen molar-refractivity contribution in [3.8, 4) is 0 Å². The summed E-state index contributed by atoms with van der Waals surface area (Å²) in [6.45, 7) is 5.47. The Morgan fingerprint density at radius 3 is 2.70 bits per heavy atom. The van der Waals surface area contributed by atoms with Crippen LogP contribution in [0.25, 0.3) is 0 Å². The Bertz CT molecular complexity index is 303. The zero-order valence-electron chi connectivity index (χ0n) is 12.8. The second-order valence-corrected chi connectivity index (χ2v) is 6.03. The highest BCUT2D eigenvalue weighted by molar-refractivity contribution is 5.76. The summed E-state index contributed by atoms with van der Waals surface area (Å²) < 4.78 is 10.8. The first-order valence-corrected chi connectivity index (χ1v) is 7.88. The average molecular weight is 284 g/mol. The Balaban J connectivity index is 1.63. The van der Waals surface area contributed by atoms with Gasteiger partial charge in [0.2, 0.25) is 0 Å². The summed E-state index contributed by atoms with van der Waals surface area (Å²) in [5, 5.41) is 3.37. The van der Waals surface area contributed by atoms with E-state index >= 15 is 0 Å². The van der Waals surface area contributed by atoms with Gasteiger partial charge < -0.3 is 19.7 Å². The van der Waals surface area contributed by atoms with Crippen LogP contribution in [0, 0.1) is 5.92 Å². The number of rotatable bonds is 11. The molecule has 0 saturated heterocycles. The molecule has 20 heavy (non-hydrogen) atoms. The van der Waals surface area contributed by atoms with Gasteiger partial charge in [-0.25, -0.2) is 0 Å². The Hall–Kier alpha value is -0.650. The second kappa shape index (κ2) is 7.96. The van der Waals surface area contributed by atoms with Gasteiger partial charge in [-0.3, -0.25) is 4.79 Å². The molecule has 5 nitrogen and oxygen atoms in total. The quantitative estimate of drug-likeness (QED) is 0.454. The zero-order chi connectivity index (χ0) is 14.4. The van der Waals surface area contributed by atoms with Gasteiger partial charge in [-0.1, -0.05) is 0 Å². The molecule has 116 valence electrons. The third kappa shape index (κ3) is 6.20. The number of nitrogens with one attached hydrogen (secondary N) is 1. The fourth-order valence-electron chi connectivity index (χ4n) is 2.13. The van der Waals surface area contributed by atoms with Crippen LogP contribution in [0.15, 0.2) is 0 Å². The van der Waals surface area contributed by atoms with Gasteiger partial charge in [-0.2, -0.15) is 0 Å². The van der Waals surface area contributed by atoms with Crippen LogP contribution >= 0.6 is 0 Å². The van der Waals surface area contributed by atoms with Gasteiger partial charge >= 0.3 is 5.97 Å². The van der Waals surface area contributed by atoms with Crippen LogP contribution < -0.4 is 5.32 Å². The second-order valence-electron chi connectivity index (χ2n) is 6.03. The summed E-state index contributed by atoms with van der Waals surface area (Å²) in [5.74, 6) is 0.675. The van der Waals surface area contributed by atoms with Gasteiger partial charge in [-0.05, 0) is 45.6 Å². The summed E-state index contributed by atoms with van der Waals surface area (Å²) in [6, 6.07) is 0.291. The number of likely N-dealkylation sites (N-methyl/N-ethyl adjacent to an activating group) is 1. The van der Waals surface area contributed by atoms with Gasteiger partial charge in [0.25, 0.3) is 0 Å². The first-order valence-electron chi connectivity index (χ1n) is 7.88. The maximum Gasteiger partial charge on any atom is 0.324 e. The molecule has 2 aliphatic rings. The number of esters is 1. The number of hydrogen-bond donors (Lipinski definition) is 1. The maximum absolute atomic E-state index is 11.9. The number of carbonyl (C=O) groups excluding carboxylic acids is 1. The smallest absolute Gasteiger partial charge is 0.324 e. The van der Waals surface area contributed by atoms with Crippen LogP contribution in [0.3, 0.4) is 0 Å². The third-order valence-corrected chi connectivity index (χ3v) is 3.75. The van der Waals surface area contributed by atoms with E-state index in [2.05, 4.69) is 10.2 Å². The highest BCUT2D eigenvalue weighted by Gasteiger charge is 2.29. The number of ether oxygens (including phenoxy) is 2. The predicted molar refractivity (Wildman–Crippen MR) is 77.6 cm³/mol. The lowest BCUT2D eigenvalue weighted by Gasteiger charge is -2.23. The van der Waals surface area contributed by atoms with Gasteiger partial charge in [0.15, 0.2) is 0 Å². The number of hydrogen-bond acceptors (Lipinski definition) is 5. The molecule has 1 atom stereocenters. The van der Waals surface area contributed by atoms with Crippen molar-refractivity contribution in [3.05, 3.63) is 0 Å². The van der Waals surface area contributed by atoms with E-state index in [0.29, 0.717) is 19.2 Å². The average Bonchev–Trinajstić information content (AvgIpc) is 3.28. The molecule has 0 aromatic heterocycles. The van der Waals surface area contributed by atoms with Crippen molar-refractivity contribution in [2.24, 2.45) is 5.92 Å². The molecule has 0 heterocycles. The van der Waals surface area contributed by atoms with E-state index < -0.39 is 0 Å². The Morgan fingerprint density at radius 2 is 2.10 bits per heavy atom. The molecule has 0 aliphatic heterocycles.